The van der Waals surface area contributed by atoms with Crippen molar-refractivity contribution in [3.63, 3.8) is 0 Å². The number of ketones is 4. The fourth-order valence-corrected chi connectivity index (χ4v) is 2.86. The first kappa shape index (κ1) is 24.2. The summed E-state index contributed by atoms with van der Waals surface area (Å²) >= 11 is 6.44. The van der Waals surface area contributed by atoms with Crippen molar-refractivity contribution in [2.75, 3.05) is 6.61 Å². The summed E-state index contributed by atoms with van der Waals surface area (Å²) in [6, 6.07) is 0. The van der Waals surface area contributed by atoms with Crippen LogP contribution in [-0.2, 0) is 23.9 Å². The molecule has 25 heavy (non-hydrogen) atoms. The Balaban J connectivity index is 0.00000277. The van der Waals surface area contributed by atoms with Crippen molar-refractivity contribution in [3.8, 4) is 0 Å². The Morgan fingerprint density at radius 3 is 1.68 bits per heavy atom. The van der Waals surface area contributed by atoms with E-state index < -0.39 is 58.8 Å². The van der Waals surface area contributed by atoms with Gasteiger partial charge in [0.25, 0.3) is 0 Å². The average molecular weight is 398 g/mol. The molecule has 1 fully saturated rings. The Morgan fingerprint density at radius 1 is 0.960 bits per heavy atom. The Kier molecular flexibility index (Phi) is 7.98. The second-order valence-electron chi connectivity index (χ2n) is 5.79. The predicted octanol–water partition coefficient (Wildman–Crippen LogP) is -1.94. The summed E-state index contributed by atoms with van der Waals surface area (Å²) in [5, 5.41) is 41.8. The summed E-state index contributed by atoms with van der Waals surface area (Å²) in [5.74, 6) is -4.60. The number of carbonyl (C=O) groups excluding carboxylic acids is 4. The van der Waals surface area contributed by atoms with Gasteiger partial charge in [-0.15, -0.1) is 23.3 Å². The van der Waals surface area contributed by atoms with Crippen LogP contribution in [-0.4, -0.2) is 79.2 Å². The molecule has 9 nitrogen and oxygen atoms in total. The van der Waals surface area contributed by atoms with Gasteiger partial charge in [-0.05, 0) is 27.7 Å². The van der Waals surface area contributed by atoms with E-state index in [1.165, 1.54) is 0 Å². The molecule has 0 spiro atoms. The minimum atomic E-state index is -3.29. The summed E-state index contributed by atoms with van der Waals surface area (Å²) in [6.45, 7) is 2.29. The van der Waals surface area contributed by atoms with Gasteiger partial charge >= 0.3 is 0 Å². The number of Topliss-reactive ketones (excluding diaryl/α,β-unsaturated/α-hetero) is 4. The van der Waals surface area contributed by atoms with E-state index >= 15 is 0 Å². The van der Waals surface area contributed by atoms with E-state index in [9.17, 15) is 39.6 Å². The summed E-state index contributed by atoms with van der Waals surface area (Å²) < 4.78 is 4.98. The summed E-state index contributed by atoms with van der Waals surface area (Å²) in [6.07, 6.45) is -4.10. The van der Waals surface area contributed by atoms with Gasteiger partial charge < -0.3 is 25.2 Å². The van der Waals surface area contributed by atoms with Crippen LogP contribution in [0, 0.1) is 0 Å². The van der Waals surface area contributed by atoms with E-state index in [2.05, 4.69) is 23.3 Å². The molecule has 0 aromatic carbocycles. The molecule has 0 aromatic heterocycles. The summed E-state index contributed by atoms with van der Waals surface area (Å²) in [7, 11) is 0. The van der Waals surface area contributed by atoms with Gasteiger partial charge in [-0.1, -0.05) is 0 Å². The lowest BCUT2D eigenvalue weighted by molar-refractivity contribution is -0.304. The summed E-state index contributed by atoms with van der Waals surface area (Å²) in [4.78, 5) is 47.2. The predicted molar refractivity (Wildman–Crippen MR) is 91.3 cm³/mol. The third-order valence-corrected chi connectivity index (χ3v) is 4.37. The van der Waals surface area contributed by atoms with Crippen LogP contribution in [0.25, 0.3) is 0 Å². The first-order valence-corrected chi connectivity index (χ1v) is 8.58. The first-order chi connectivity index (χ1) is 11.3. The molecule has 1 aliphatic rings. The van der Waals surface area contributed by atoms with Crippen LogP contribution in [0.2, 0.25) is 0 Å². The zero-order valence-electron chi connectivity index (χ0n) is 14.1. The molecule has 11 heteroatoms. The highest BCUT2D eigenvalue weighted by Crippen LogP contribution is 2.44. The van der Waals surface area contributed by atoms with Crippen molar-refractivity contribution >= 4 is 46.5 Å². The molecule has 0 aliphatic carbocycles. The molecule has 1 unspecified atom stereocenters. The topological polar surface area (TPSA) is 158 Å². The number of aliphatic hydroxyl groups is 4. The number of hydrogen-bond donors (Lipinski definition) is 6. The van der Waals surface area contributed by atoms with Crippen molar-refractivity contribution in [3.05, 3.63) is 0 Å². The maximum atomic E-state index is 12.0. The Bertz CT molecular complexity index is 581. The minimum Gasteiger partial charge on any atom is -0.382 e. The van der Waals surface area contributed by atoms with Crippen LogP contribution in [0.4, 0.5) is 0 Å². The monoisotopic (exact) mass is 398 g/mol. The van der Waals surface area contributed by atoms with Crippen LogP contribution in [0.3, 0.4) is 0 Å². The van der Waals surface area contributed by atoms with Crippen LogP contribution >= 0.6 is 23.3 Å². The van der Waals surface area contributed by atoms with Crippen molar-refractivity contribution in [1.29, 1.82) is 0 Å². The molecule has 1 rings (SSSR count). The molecule has 144 valence electrons. The van der Waals surface area contributed by atoms with Gasteiger partial charge in [-0.25, -0.2) is 0 Å². The number of hydrogen-bond acceptors (Lipinski definition) is 11. The second kappa shape index (κ2) is 8.25. The normalized spacial score (nSPS) is 35.8. The SMILES string of the molecule is CC(=O)C(O)[C@H]1OC[C@@](O)(C(C)=O)[C@](O)(C(C)=O)[C@]1(O)C(C)=O.SS. The van der Waals surface area contributed by atoms with Crippen LogP contribution < -0.4 is 0 Å². The van der Waals surface area contributed by atoms with Gasteiger partial charge in [0, 0.05) is 0 Å². The number of ether oxygens (including phenoxy) is 1. The van der Waals surface area contributed by atoms with Crippen molar-refractivity contribution in [2.24, 2.45) is 0 Å². The van der Waals surface area contributed by atoms with E-state index in [4.69, 9.17) is 4.74 Å². The van der Waals surface area contributed by atoms with Gasteiger partial charge in [0.05, 0.1) is 6.61 Å². The summed E-state index contributed by atoms with van der Waals surface area (Å²) in [5.41, 5.74) is -9.42. The Hall–Kier alpha value is -0.820. The van der Waals surface area contributed by atoms with Crippen molar-refractivity contribution in [2.45, 2.75) is 56.7 Å². The maximum Gasteiger partial charge on any atom is 0.199 e. The number of carbonyl (C=O) groups is 4. The maximum absolute atomic E-state index is 12.0. The zero-order chi connectivity index (χ0) is 20.4. The molecule has 0 radical (unpaired) electrons. The Morgan fingerprint density at radius 2 is 1.40 bits per heavy atom. The molecule has 1 saturated heterocycles. The van der Waals surface area contributed by atoms with Gasteiger partial charge in [0.2, 0.25) is 0 Å². The third-order valence-electron chi connectivity index (χ3n) is 4.37. The van der Waals surface area contributed by atoms with Gasteiger partial charge in [-0.3, -0.25) is 19.2 Å². The lowest BCUT2D eigenvalue weighted by Crippen LogP contribution is -2.84. The van der Waals surface area contributed by atoms with Gasteiger partial charge in [0.1, 0.15) is 12.2 Å². The molecule has 0 saturated carbocycles. The van der Waals surface area contributed by atoms with Gasteiger partial charge in [-0.2, -0.15) is 0 Å². The highest BCUT2D eigenvalue weighted by Gasteiger charge is 2.76. The fraction of sp³-hybridized carbons (Fsp3) is 0.714. The molecule has 1 heterocycles. The van der Waals surface area contributed by atoms with E-state index in [1.54, 1.807) is 0 Å². The molecule has 5 atom stereocenters. The molecule has 0 aromatic rings. The van der Waals surface area contributed by atoms with Crippen LogP contribution in [0.5, 0.6) is 0 Å². The number of rotatable bonds is 5. The second-order valence-corrected chi connectivity index (χ2v) is 5.79. The first-order valence-electron chi connectivity index (χ1n) is 6.98. The van der Waals surface area contributed by atoms with E-state index in [0.717, 1.165) is 27.7 Å². The molecule has 4 N–H and O–H groups in total. The van der Waals surface area contributed by atoms with Crippen LogP contribution in [0.15, 0.2) is 0 Å². The lowest BCUT2D eigenvalue weighted by Gasteiger charge is -2.55. The number of aliphatic hydroxyl groups excluding tert-OH is 1. The smallest absolute Gasteiger partial charge is 0.199 e. The van der Waals surface area contributed by atoms with Gasteiger partial charge in [0.15, 0.2) is 39.9 Å². The molecule has 0 bridgehead atoms. The van der Waals surface area contributed by atoms with E-state index in [-0.39, 0.29) is 0 Å². The molecular formula is C14H22O9S2. The zero-order valence-corrected chi connectivity index (χ0v) is 15.9. The number of thiol groups is 2. The van der Waals surface area contributed by atoms with Crippen LogP contribution in [0.1, 0.15) is 27.7 Å². The highest BCUT2D eigenvalue weighted by molar-refractivity contribution is 8.59. The average Bonchev–Trinajstić information content (AvgIpc) is 2.53. The minimum absolute atomic E-state index is 0.754. The molecule has 1 aliphatic heterocycles. The van der Waals surface area contributed by atoms with Crippen molar-refractivity contribution < 1.29 is 44.3 Å². The van der Waals surface area contributed by atoms with E-state index in [1.807, 2.05) is 0 Å². The molecular weight excluding hydrogens is 376 g/mol. The van der Waals surface area contributed by atoms with E-state index in [0.29, 0.717) is 0 Å². The standard InChI is InChI=1S/C14H20O9.H2S2/c1-6(15)10(19)11-13(21,8(3)17)14(22,9(4)18)12(20,5-23-11)7(2)16;1-2/h10-11,19-22H,5H2,1-4H3;1-2H/t10?,11-,12-,13+,14-;/m1./s1. The van der Waals surface area contributed by atoms with Crippen molar-refractivity contribution in [1.82, 2.24) is 0 Å². The largest absolute Gasteiger partial charge is 0.382 e. The Labute approximate surface area is 154 Å². The highest BCUT2D eigenvalue weighted by atomic mass is 33.1. The third kappa shape index (κ3) is 3.42. The molecule has 0 amide bonds. The quantitative estimate of drug-likeness (QED) is 0.229. The fourth-order valence-electron chi connectivity index (χ4n) is 2.86. The lowest BCUT2D eigenvalue weighted by atomic mass is 9.61.